The van der Waals surface area contributed by atoms with Crippen LogP contribution < -0.4 is 4.74 Å². The van der Waals surface area contributed by atoms with Gasteiger partial charge in [-0.05, 0) is 48.9 Å². The molecule has 1 aromatic rings. The third-order valence-electron chi connectivity index (χ3n) is 3.85. The molecule has 1 aromatic carbocycles. The van der Waals surface area contributed by atoms with E-state index in [9.17, 15) is 4.79 Å². The molecule has 1 aliphatic rings. The Morgan fingerprint density at radius 1 is 1.20 bits per heavy atom. The molecule has 0 N–H and O–H groups in total. The van der Waals surface area contributed by atoms with Gasteiger partial charge in [0.1, 0.15) is 12.0 Å². The molecule has 0 bridgehead atoms. The number of piperidine rings is 1. The zero-order valence-electron chi connectivity index (χ0n) is 12.5. The Morgan fingerprint density at radius 3 is 2.45 bits per heavy atom. The molecule has 2 rings (SSSR count). The van der Waals surface area contributed by atoms with Gasteiger partial charge in [0.25, 0.3) is 0 Å². The highest BCUT2D eigenvalue weighted by Crippen LogP contribution is 2.20. The standard InChI is InChI=1S/C17H25NO2/c1-14-10-15(2)12-18(11-14)8-3-9-20-17-6-4-16(13-19)5-7-17/h4-7,13-15H,3,8-12H2,1-2H3/t14-,15-/m0/s1. The largest absolute Gasteiger partial charge is 0.494 e. The molecule has 0 aliphatic carbocycles. The summed E-state index contributed by atoms with van der Waals surface area (Å²) in [6, 6.07) is 7.29. The molecule has 0 unspecified atom stereocenters. The molecule has 2 atom stereocenters. The Balaban J connectivity index is 1.66. The maximum atomic E-state index is 10.6. The summed E-state index contributed by atoms with van der Waals surface area (Å²) in [6.45, 7) is 8.97. The van der Waals surface area contributed by atoms with Gasteiger partial charge in [0.2, 0.25) is 0 Å². The SMILES string of the molecule is C[C@H]1C[C@H](C)CN(CCCOc2ccc(C=O)cc2)C1. The third-order valence-corrected chi connectivity index (χ3v) is 3.85. The molecule has 1 fully saturated rings. The van der Waals surface area contributed by atoms with Crippen LogP contribution in [0.1, 0.15) is 37.0 Å². The van der Waals surface area contributed by atoms with Crippen molar-refractivity contribution in [1.29, 1.82) is 0 Å². The molecule has 3 heteroatoms. The van der Waals surface area contributed by atoms with E-state index in [2.05, 4.69) is 18.7 Å². The monoisotopic (exact) mass is 275 g/mol. The Hall–Kier alpha value is -1.35. The van der Waals surface area contributed by atoms with Gasteiger partial charge in [0.05, 0.1) is 6.61 Å². The molecule has 0 radical (unpaired) electrons. The Bertz CT molecular complexity index is 406. The van der Waals surface area contributed by atoms with Crippen molar-refractivity contribution < 1.29 is 9.53 Å². The molecular formula is C17H25NO2. The van der Waals surface area contributed by atoms with E-state index in [1.807, 2.05) is 12.1 Å². The minimum absolute atomic E-state index is 0.689. The van der Waals surface area contributed by atoms with Gasteiger partial charge in [-0.2, -0.15) is 0 Å². The minimum atomic E-state index is 0.689. The van der Waals surface area contributed by atoms with Crippen molar-refractivity contribution >= 4 is 6.29 Å². The molecule has 1 heterocycles. The lowest BCUT2D eigenvalue weighted by molar-refractivity contribution is 0.112. The van der Waals surface area contributed by atoms with Crippen molar-refractivity contribution in [2.45, 2.75) is 26.7 Å². The van der Waals surface area contributed by atoms with Gasteiger partial charge >= 0.3 is 0 Å². The average molecular weight is 275 g/mol. The van der Waals surface area contributed by atoms with Crippen LogP contribution in [0.2, 0.25) is 0 Å². The highest BCUT2D eigenvalue weighted by atomic mass is 16.5. The predicted octanol–water partition coefficient (Wildman–Crippen LogP) is 3.25. The smallest absolute Gasteiger partial charge is 0.150 e. The summed E-state index contributed by atoms with van der Waals surface area (Å²) in [5.41, 5.74) is 0.689. The van der Waals surface area contributed by atoms with Crippen LogP contribution in [0, 0.1) is 11.8 Å². The van der Waals surface area contributed by atoms with Crippen LogP contribution >= 0.6 is 0 Å². The van der Waals surface area contributed by atoms with E-state index in [1.165, 1.54) is 19.5 Å². The van der Waals surface area contributed by atoms with Crippen molar-refractivity contribution in [1.82, 2.24) is 4.90 Å². The number of benzene rings is 1. The molecule has 1 saturated heterocycles. The number of rotatable bonds is 6. The molecule has 0 spiro atoms. The van der Waals surface area contributed by atoms with Gasteiger partial charge in [0.15, 0.2) is 0 Å². The van der Waals surface area contributed by atoms with Crippen LogP contribution in [0.25, 0.3) is 0 Å². The lowest BCUT2D eigenvalue weighted by Crippen LogP contribution is -2.39. The number of likely N-dealkylation sites (tertiary alicyclic amines) is 1. The minimum Gasteiger partial charge on any atom is -0.494 e. The number of nitrogens with zero attached hydrogens (tertiary/aromatic N) is 1. The summed E-state index contributed by atoms with van der Waals surface area (Å²) in [7, 11) is 0. The van der Waals surface area contributed by atoms with E-state index in [0.29, 0.717) is 5.56 Å². The van der Waals surface area contributed by atoms with Crippen LogP contribution in [0.3, 0.4) is 0 Å². The molecule has 20 heavy (non-hydrogen) atoms. The highest BCUT2D eigenvalue weighted by molar-refractivity contribution is 5.74. The Morgan fingerprint density at radius 2 is 1.85 bits per heavy atom. The maximum absolute atomic E-state index is 10.6. The van der Waals surface area contributed by atoms with Gasteiger partial charge in [-0.3, -0.25) is 4.79 Å². The molecular weight excluding hydrogens is 250 g/mol. The topological polar surface area (TPSA) is 29.5 Å². The fraction of sp³-hybridized carbons (Fsp3) is 0.588. The van der Waals surface area contributed by atoms with E-state index in [0.717, 1.165) is 43.4 Å². The molecule has 0 saturated carbocycles. The van der Waals surface area contributed by atoms with E-state index >= 15 is 0 Å². The van der Waals surface area contributed by atoms with E-state index in [4.69, 9.17) is 4.74 Å². The number of hydrogen-bond donors (Lipinski definition) is 0. The second kappa shape index (κ2) is 7.44. The van der Waals surface area contributed by atoms with Gasteiger partial charge in [0, 0.05) is 25.2 Å². The Kier molecular flexibility index (Phi) is 5.60. The predicted molar refractivity (Wildman–Crippen MR) is 81.3 cm³/mol. The third kappa shape index (κ3) is 4.64. The van der Waals surface area contributed by atoms with E-state index in [-0.39, 0.29) is 0 Å². The zero-order valence-corrected chi connectivity index (χ0v) is 12.5. The fourth-order valence-corrected chi connectivity index (χ4v) is 3.10. The van der Waals surface area contributed by atoms with Gasteiger partial charge in [-0.15, -0.1) is 0 Å². The van der Waals surface area contributed by atoms with Crippen LogP contribution in [-0.4, -0.2) is 37.4 Å². The fourth-order valence-electron chi connectivity index (χ4n) is 3.10. The van der Waals surface area contributed by atoms with Crippen molar-refractivity contribution in [2.75, 3.05) is 26.2 Å². The first-order chi connectivity index (χ1) is 9.67. The summed E-state index contributed by atoms with van der Waals surface area (Å²) in [5.74, 6) is 2.47. The van der Waals surface area contributed by atoms with E-state index in [1.54, 1.807) is 12.1 Å². The van der Waals surface area contributed by atoms with Crippen molar-refractivity contribution in [3.8, 4) is 5.75 Å². The van der Waals surface area contributed by atoms with Gasteiger partial charge in [-0.1, -0.05) is 13.8 Å². The molecule has 3 nitrogen and oxygen atoms in total. The number of carbonyl (C=O) groups excluding carboxylic acids is 1. The number of hydrogen-bond acceptors (Lipinski definition) is 3. The van der Waals surface area contributed by atoms with Crippen molar-refractivity contribution in [3.63, 3.8) is 0 Å². The van der Waals surface area contributed by atoms with Crippen molar-refractivity contribution in [2.24, 2.45) is 11.8 Å². The number of ether oxygens (including phenoxy) is 1. The van der Waals surface area contributed by atoms with Crippen LogP contribution in [-0.2, 0) is 0 Å². The summed E-state index contributed by atoms with van der Waals surface area (Å²) in [6.07, 6.45) is 3.26. The first kappa shape index (κ1) is 15.0. The average Bonchev–Trinajstić information content (AvgIpc) is 2.43. The highest BCUT2D eigenvalue weighted by Gasteiger charge is 2.20. The van der Waals surface area contributed by atoms with Gasteiger partial charge in [-0.25, -0.2) is 0 Å². The molecule has 110 valence electrons. The molecule has 1 aliphatic heterocycles. The summed E-state index contributed by atoms with van der Waals surface area (Å²) >= 11 is 0. The number of aldehydes is 1. The summed E-state index contributed by atoms with van der Waals surface area (Å²) in [4.78, 5) is 13.1. The van der Waals surface area contributed by atoms with Crippen LogP contribution in [0.5, 0.6) is 5.75 Å². The van der Waals surface area contributed by atoms with Crippen LogP contribution in [0.4, 0.5) is 0 Å². The second-order valence-electron chi connectivity index (χ2n) is 6.09. The second-order valence-corrected chi connectivity index (χ2v) is 6.09. The zero-order chi connectivity index (χ0) is 14.4. The normalized spacial score (nSPS) is 23.5. The van der Waals surface area contributed by atoms with Crippen molar-refractivity contribution in [3.05, 3.63) is 29.8 Å². The summed E-state index contributed by atoms with van der Waals surface area (Å²) in [5, 5.41) is 0. The first-order valence-corrected chi connectivity index (χ1v) is 7.57. The Labute approximate surface area is 121 Å². The molecule has 0 amide bonds. The van der Waals surface area contributed by atoms with E-state index < -0.39 is 0 Å². The lowest BCUT2D eigenvalue weighted by Gasteiger charge is -2.34. The quantitative estimate of drug-likeness (QED) is 0.589. The van der Waals surface area contributed by atoms with Crippen LogP contribution in [0.15, 0.2) is 24.3 Å². The number of carbonyl (C=O) groups is 1. The lowest BCUT2D eigenvalue weighted by atomic mass is 9.92. The summed E-state index contributed by atoms with van der Waals surface area (Å²) < 4.78 is 5.71. The molecule has 0 aromatic heterocycles. The first-order valence-electron chi connectivity index (χ1n) is 7.57. The van der Waals surface area contributed by atoms with Gasteiger partial charge < -0.3 is 9.64 Å². The maximum Gasteiger partial charge on any atom is 0.150 e.